The minimum atomic E-state index is -4.76. The van der Waals surface area contributed by atoms with Gasteiger partial charge in [0, 0.05) is 0 Å². The Bertz CT molecular complexity index is 273. The Balaban J connectivity index is 0.00000196. The minimum absolute atomic E-state index is 0. The van der Waals surface area contributed by atoms with Crippen LogP contribution in [-0.4, -0.2) is 24.5 Å². The topological polar surface area (TPSA) is 115 Å². The maximum Gasteiger partial charge on any atom is 0.343 e. The molecule has 0 aromatic rings. The third kappa shape index (κ3) is 2.70. The van der Waals surface area contributed by atoms with Crippen LogP contribution in [0.3, 0.4) is 0 Å². The van der Waals surface area contributed by atoms with Crippen LogP contribution in [0.5, 0.6) is 0 Å². The van der Waals surface area contributed by atoms with Gasteiger partial charge < -0.3 is 19.6 Å². The van der Waals surface area contributed by atoms with Crippen molar-refractivity contribution < 1.29 is 28.7 Å². The lowest BCUT2D eigenvalue weighted by Gasteiger charge is -2.37. The summed E-state index contributed by atoms with van der Waals surface area (Å²) in [5.41, 5.74) is 0. The van der Waals surface area contributed by atoms with E-state index in [1.54, 1.807) is 0 Å². The molecule has 0 saturated heterocycles. The van der Waals surface area contributed by atoms with Crippen LogP contribution in [0.1, 0.15) is 39.5 Å². The van der Waals surface area contributed by atoms with Crippen LogP contribution in [0, 0.1) is 0 Å². The molecular formula is C7H18O6P2. The lowest BCUT2D eigenvalue weighted by Crippen LogP contribution is -2.31. The first-order valence-corrected chi connectivity index (χ1v) is 7.54. The van der Waals surface area contributed by atoms with Gasteiger partial charge in [-0.15, -0.1) is 0 Å². The van der Waals surface area contributed by atoms with Gasteiger partial charge in [-0.3, -0.25) is 9.13 Å². The Morgan fingerprint density at radius 2 is 1.13 bits per heavy atom. The summed E-state index contributed by atoms with van der Waals surface area (Å²) in [6, 6.07) is 0. The number of hydrogen-bond acceptors (Lipinski definition) is 2. The average Bonchev–Trinajstić information content (AvgIpc) is 2.02. The van der Waals surface area contributed by atoms with Crippen molar-refractivity contribution in [3.05, 3.63) is 0 Å². The lowest BCUT2D eigenvalue weighted by molar-refractivity contribution is 0.276. The van der Waals surface area contributed by atoms with Crippen molar-refractivity contribution in [2.75, 3.05) is 0 Å². The molecule has 15 heavy (non-hydrogen) atoms. The monoisotopic (exact) mass is 260 g/mol. The maximum atomic E-state index is 11.2. The zero-order chi connectivity index (χ0) is 11.0. The second kappa shape index (κ2) is 4.66. The van der Waals surface area contributed by atoms with E-state index in [9.17, 15) is 9.13 Å². The van der Waals surface area contributed by atoms with Crippen LogP contribution in [0.2, 0.25) is 0 Å². The van der Waals surface area contributed by atoms with Gasteiger partial charge in [-0.1, -0.05) is 26.7 Å². The smallest absolute Gasteiger partial charge is 0.324 e. The summed E-state index contributed by atoms with van der Waals surface area (Å²) >= 11 is 0. The molecule has 1 aliphatic rings. The van der Waals surface area contributed by atoms with Crippen LogP contribution in [-0.2, 0) is 9.13 Å². The molecule has 8 heteroatoms. The van der Waals surface area contributed by atoms with E-state index in [0.717, 1.165) is 6.42 Å². The van der Waals surface area contributed by atoms with Crippen LogP contribution < -0.4 is 0 Å². The molecular weight excluding hydrogens is 242 g/mol. The average molecular weight is 260 g/mol. The molecule has 0 amide bonds. The fourth-order valence-corrected chi connectivity index (χ4v) is 5.03. The molecule has 0 atom stereocenters. The van der Waals surface area contributed by atoms with E-state index >= 15 is 0 Å². The summed E-state index contributed by atoms with van der Waals surface area (Å²) in [6.45, 7) is 0. The van der Waals surface area contributed by atoms with Crippen molar-refractivity contribution in [2.24, 2.45) is 0 Å². The van der Waals surface area contributed by atoms with Gasteiger partial charge in [0.25, 0.3) is 0 Å². The molecule has 92 valence electrons. The summed E-state index contributed by atoms with van der Waals surface area (Å²) in [4.78, 5) is 34.1. The van der Waals surface area contributed by atoms with E-state index in [1.165, 1.54) is 0 Å². The highest BCUT2D eigenvalue weighted by atomic mass is 31.2. The Morgan fingerprint density at radius 3 is 1.33 bits per heavy atom. The van der Waals surface area contributed by atoms with E-state index in [4.69, 9.17) is 19.6 Å². The largest absolute Gasteiger partial charge is 0.343 e. The molecule has 0 aliphatic heterocycles. The Labute approximate surface area is 89.0 Å². The molecule has 1 fully saturated rings. The van der Waals surface area contributed by atoms with Gasteiger partial charge in [0.1, 0.15) is 0 Å². The highest BCUT2D eigenvalue weighted by molar-refractivity contribution is 7.72. The van der Waals surface area contributed by atoms with E-state index in [0.29, 0.717) is 12.8 Å². The van der Waals surface area contributed by atoms with Crippen molar-refractivity contribution in [2.45, 2.75) is 44.4 Å². The Kier molecular flexibility index (Phi) is 4.75. The summed E-state index contributed by atoms with van der Waals surface area (Å²) in [5, 5.41) is 0. The van der Waals surface area contributed by atoms with Crippen LogP contribution in [0.15, 0.2) is 0 Å². The Hall–Kier alpha value is 0.300. The molecule has 0 aromatic heterocycles. The van der Waals surface area contributed by atoms with E-state index in [1.807, 2.05) is 0 Å². The quantitative estimate of drug-likeness (QED) is 0.561. The molecule has 0 aromatic carbocycles. The predicted octanol–water partition coefficient (Wildman–Crippen LogP) is 1.64. The van der Waals surface area contributed by atoms with Crippen LogP contribution >= 0.6 is 15.2 Å². The summed E-state index contributed by atoms with van der Waals surface area (Å²) in [7, 11) is -9.51. The molecule has 4 N–H and O–H groups in total. The molecule has 0 unspecified atom stereocenters. The summed E-state index contributed by atoms with van der Waals surface area (Å²) < 4.78 is 22.3. The zero-order valence-electron chi connectivity index (χ0n) is 7.54. The third-order valence-corrected chi connectivity index (χ3v) is 7.37. The van der Waals surface area contributed by atoms with Crippen LogP contribution in [0.25, 0.3) is 0 Å². The van der Waals surface area contributed by atoms with E-state index in [2.05, 4.69) is 0 Å². The minimum Gasteiger partial charge on any atom is -0.324 e. The normalized spacial score (nSPS) is 21.9. The van der Waals surface area contributed by atoms with Crippen molar-refractivity contribution in [3.63, 3.8) is 0 Å². The van der Waals surface area contributed by atoms with Crippen molar-refractivity contribution in [1.29, 1.82) is 0 Å². The molecule has 1 aliphatic carbocycles. The summed E-state index contributed by atoms with van der Waals surface area (Å²) in [6.07, 6.45) is 1.48. The van der Waals surface area contributed by atoms with Gasteiger partial charge >= 0.3 is 15.2 Å². The molecule has 1 rings (SSSR count). The standard InChI is InChI=1S/C6H14O6P2.CH4/c7-13(8,9)6(14(10,11)12)4-2-1-3-5-6;/h1-5H2,(H2,7,8,9)(H2,10,11,12);1H4. The van der Waals surface area contributed by atoms with Gasteiger partial charge in [-0.2, -0.15) is 0 Å². The number of rotatable bonds is 2. The van der Waals surface area contributed by atoms with Gasteiger partial charge in [-0.05, 0) is 12.8 Å². The highest BCUT2D eigenvalue weighted by Crippen LogP contribution is 2.73. The summed E-state index contributed by atoms with van der Waals surface area (Å²) in [5.74, 6) is 0. The van der Waals surface area contributed by atoms with Gasteiger partial charge in [0.2, 0.25) is 0 Å². The Morgan fingerprint density at radius 1 is 0.800 bits per heavy atom. The second-order valence-electron chi connectivity index (χ2n) is 3.63. The molecule has 6 nitrogen and oxygen atoms in total. The third-order valence-electron chi connectivity index (χ3n) is 2.74. The number of hydrogen-bond donors (Lipinski definition) is 4. The lowest BCUT2D eigenvalue weighted by atomic mass is 10.00. The second-order valence-corrected chi connectivity index (χ2v) is 7.87. The molecule has 0 spiro atoms. The van der Waals surface area contributed by atoms with Gasteiger partial charge in [0.15, 0.2) is 4.90 Å². The van der Waals surface area contributed by atoms with Crippen molar-refractivity contribution >= 4 is 15.2 Å². The fourth-order valence-electron chi connectivity index (χ4n) is 1.87. The SMILES string of the molecule is C.O=P(O)(O)C1(P(=O)(O)O)CCCCC1. The molecule has 0 heterocycles. The predicted molar refractivity (Wildman–Crippen MR) is 56.6 cm³/mol. The fraction of sp³-hybridized carbons (Fsp3) is 1.00. The molecule has 0 radical (unpaired) electrons. The first-order valence-electron chi connectivity index (χ1n) is 4.32. The van der Waals surface area contributed by atoms with Gasteiger partial charge in [0.05, 0.1) is 0 Å². The van der Waals surface area contributed by atoms with Crippen molar-refractivity contribution in [3.8, 4) is 0 Å². The van der Waals surface area contributed by atoms with E-state index < -0.39 is 20.1 Å². The van der Waals surface area contributed by atoms with E-state index in [-0.39, 0.29) is 20.3 Å². The zero-order valence-corrected chi connectivity index (χ0v) is 9.32. The first kappa shape index (κ1) is 15.3. The van der Waals surface area contributed by atoms with Crippen molar-refractivity contribution in [1.82, 2.24) is 0 Å². The van der Waals surface area contributed by atoms with Gasteiger partial charge in [-0.25, -0.2) is 0 Å². The maximum absolute atomic E-state index is 11.2. The first-order chi connectivity index (χ1) is 6.21. The van der Waals surface area contributed by atoms with Crippen LogP contribution in [0.4, 0.5) is 0 Å². The highest BCUT2D eigenvalue weighted by Gasteiger charge is 2.59. The molecule has 1 saturated carbocycles. The molecule has 0 bridgehead atoms.